The molecule has 1 unspecified atom stereocenters. The van der Waals surface area contributed by atoms with Crippen molar-refractivity contribution in [2.45, 2.75) is 12.5 Å². The average Bonchev–Trinajstić information content (AvgIpc) is 2.80. The van der Waals surface area contributed by atoms with Crippen molar-refractivity contribution in [2.75, 3.05) is 23.5 Å². The summed E-state index contributed by atoms with van der Waals surface area (Å²) in [6.45, 7) is 0. The highest BCUT2D eigenvalue weighted by molar-refractivity contribution is 9.10. The monoisotopic (exact) mass is 330 g/mol. The molecule has 1 saturated heterocycles. The molecule has 2 rings (SSSR count). The van der Waals surface area contributed by atoms with Crippen LogP contribution in [0.5, 0.6) is 0 Å². The van der Waals surface area contributed by atoms with Crippen LogP contribution < -0.4 is 10.6 Å². The predicted octanol–water partition coefficient (Wildman–Crippen LogP) is 3.03. The van der Waals surface area contributed by atoms with Gasteiger partial charge in [0, 0.05) is 34.6 Å². The Balaban J connectivity index is 2.34. The van der Waals surface area contributed by atoms with Crippen LogP contribution in [0.1, 0.15) is 12.0 Å². The van der Waals surface area contributed by atoms with E-state index >= 15 is 0 Å². The van der Waals surface area contributed by atoms with Gasteiger partial charge in [-0.2, -0.15) is 11.8 Å². The van der Waals surface area contributed by atoms with Gasteiger partial charge in [-0.3, -0.25) is 0 Å². The van der Waals surface area contributed by atoms with E-state index in [-0.39, 0.29) is 0 Å². The lowest BCUT2D eigenvalue weighted by molar-refractivity contribution is 0.699. The maximum absolute atomic E-state index is 5.79. The molecule has 0 spiro atoms. The third-order valence-electron chi connectivity index (χ3n) is 3.06. The Hall–Kier alpha value is -0.260. The van der Waals surface area contributed by atoms with Gasteiger partial charge in [0.1, 0.15) is 4.99 Å². The second kappa shape index (κ2) is 5.59. The first-order valence-electron chi connectivity index (χ1n) is 5.49. The van der Waals surface area contributed by atoms with Gasteiger partial charge in [-0.15, -0.1) is 0 Å². The first-order chi connectivity index (χ1) is 8.09. The fourth-order valence-corrected chi connectivity index (χ4v) is 3.82. The van der Waals surface area contributed by atoms with E-state index in [2.05, 4.69) is 33.9 Å². The number of hydrogen-bond acceptors (Lipinski definition) is 3. The molecule has 92 valence electrons. The van der Waals surface area contributed by atoms with Crippen LogP contribution in [0.25, 0.3) is 0 Å². The van der Waals surface area contributed by atoms with Crippen molar-refractivity contribution in [1.29, 1.82) is 0 Å². The third-order valence-corrected chi connectivity index (χ3v) is 4.92. The number of thiocarbonyl (C=S) groups is 1. The Bertz CT molecular complexity index is 431. The number of nitrogens with zero attached hydrogens (tertiary/aromatic N) is 1. The van der Waals surface area contributed by atoms with Crippen LogP contribution in [-0.4, -0.2) is 29.6 Å². The van der Waals surface area contributed by atoms with Gasteiger partial charge in [0.05, 0.1) is 0 Å². The number of hydrogen-bond donors (Lipinski definition) is 1. The van der Waals surface area contributed by atoms with Crippen molar-refractivity contribution in [1.82, 2.24) is 0 Å². The molecule has 0 aromatic heterocycles. The maximum atomic E-state index is 5.79. The van der Waals surface area contributed by atoms with E-state index < -0.39 is 0 Å². The molecule has 0 amide bonds. The minimum atomic E-state index is 0.463. The molecule has 1 fully saturated rings. The number of rotatable bonds is 3. The van der Waals surface area contributed by atoms with E-state index in [1.165, 1.54) is 17.9 Å². The van der Waals surface area contributed by atoms with Crippen molar-refractivity contribution in [2.24, 2.45) is 5.73 Å². The second-order valence-electron chi connectivity index (χ2n) is 4.15. The van der Waals surface area contributed by atoms with Gasteiger partial charge in [0.15, 0.2) is 0 Å². The normalized spacial score (nSPS) is 19.3. The highest BCUT2D eigenvalue weighted by atomic mass is 79.9. The number of halogens is 1. The van der Waals surface area contributed by atoms with Gasteiger partial charge in [-0.1, -0.05) is 28.1 Å². The zero-order valence-corrected chi connectivity index (χ0v) is 12.9. The van der Waals surface area contributed by atoms with Crippen LogP contribution in [-0.2, 0) is 0 Å². The summed E-state index contributed by atoms with van der Waals surface area (Å²) in [5, 5.41) is 0. The first-order valence-corrected chi connectivity index (χ1v) is 7.85. The molecular weight excluding hydrogens is 316 g/mol. The quantitative estimate of drug-likeness (QED) is 0.862. The van der Waals surface area contributed by atoms with Crippen LogP contribution >= 0.6 is 39.9 Å². The Labute approximate surface area is 120 Å². The van der Waals surface area contributed by atoms with Crippen LogP contribution in [0, 0.1) is 0 Å². The summed E-state index contributed by atoms with van der Waals surface area (Å²) >= 11 is 10.6. The zero-order chi connectivity index (χ0) is 12.4. The molecule has 1 atom stereocenters. The average molecular weight is 331 g/mol. The molecule has 1 aliphatic rings. The van der Waals surface area contributed by atoms with E-state index in [0.29, 0.717) is 11.0 Å². The minimum Gasteiger partial charge on any atom is -0.389 e. The lowest BCUT2D eigenvalue weighted by Gasteiger charge is -2.28. The number of thioether (sulfide) groups is 1. The summed E-state index contributed by atoms with van der Waals surface area (Å²) in [4.78, 5) is 2.77. The third kappa shape index (κ3) is 2.95. The number of anilines is 1. The molecular formula is C12H15BrN2S2. The molecule has 0 aliphatic carbocycles. The summed E-state index contributed by atoms with van der Waals surface area (Å²) in [5.41, 5.74) is 7.87. The molecule has 17 heavy (non-hydrogen) atoms. The lowest BCUT2D eigenvalue weighted by Crippen LogP contribution is -2.33. The molecule has 5 heteroatoms. The molecule has 2 N–H and O–H groups in total. The maximum Gasteiger partial charge on any atom is 0.106 e. The van der Waals surface area contributed by atoms with E-state index in [4.69, 9.17) is 18.0 Å². The van der Waals surface area contributed by atoms with Gasteiger partial charge >= 0.3 is 0 Å². The molecule has 0 bridgehead atoms. The van der Waals surface area contributed by atoms with E-state index in [1.807, 2.05) is 23.9 Å². The Morgan fingerprint density at radius 3 is 2.94 bits per heavy atom. The summed E-state index contributed by atoms with van der Waals surface area (Å²) in [5.74, 6) is 2.42. The molecule has 1 aromatic carbocycles. The van der Waals surface area contributed by atoms with Crippen molar-refractivity contribution < 1.29 is 0 Å². The smallest absolute Gasteiger partial charge is 0.106 e. The minimum absolute atomic E-state index is 0.463. The SMILES string of the molecule is CN(c1cc(Br)ccc1C(N)=S)C1CCSC1. The number of benzene rings is 1. The Morgan fingerprint density at radius 2 is 2.35 bits per heavy atom. The molecule has 2 nitrogen and oxygen atoms in total. The molecule has 1 aliphatic heterocycles. The van der Waals surface area contributed by atoms with Crippen LogP contribution in [0.4, 0.5) is 5.69 Å². The van der Waals surface area contributed by atoms with Gasteiger partial charge in [0.2, 0.25) is 0 Å². The molecule has 1 aromatic rings. The summed E-state index contributed by atoms with van der Waals surface area (Å²) < 4.78 is 1.06. The van der Waals surface area contributed by atoms with Crippen molar-refractivity contribution in [3.63, 3.8) is 0 Å². The Kier molecular flexibility index (Phi) is 4.33. The Morgan fingerprint density at radius 1 is 1.59 bits per heavy atom. The molecule has 1 heterocycles. The summed E-state index contributed by atoms with van der Waals surface area (Å²) in [7, 11) is 2.13. The first kappa shape index (κ1) is 13.2. The van der Waals surface area contributed by atoms with Gasteiger partial charge < -0.3 is 10.6 Å². The van der Waals surface area contributed by atoms with E-state index in [1.54, 1.807) is 0 Å². The zero-order valence-electron chi connectivity index (χ0n) is 9.65. The molecule has 0 saturated carbocycles. The van der Waals surface area contributed by atoms with Crippen molar-refractivity contribution in [3.8, 4) is 0 Å². The highest BCUT2D eigenvalue weighted by Crippen LogP contribution is 2.30. The van der Waals surface area contributed by atoms with Crippen LogP contribution in [0.2, 0.25) is 0 Å². The van der Waals surface area contributed by atoms with Crippen LogP contribution in [0.15, 0.2) is 22.7 Å². The summed E-state index contributed by atoms with van der Waals surface area (Å²) in [6.07, 6.45) is 1.23. The lowest BCUT2D eigenvalue weighted by atomic mass is 10.1. The largest absolute Gasteiger partial charge is 0.389 e. The summed E-state index contributed by atoms with van der Waals surface area (Å²) in [6, 6.07) is 6.65. The van der Waals surface area contributed by atoms with Gasteiger partial charge in [-0.05, 0) is 30.4 Å². The number of nitrogens with two attached hydrogens (primary N) is 1. The highest BCUT2D eigenvalue weighted by Gasteiger charge is 2.22. The topological polar surface area (TPSA) is 29.3 Å². The molecule has 0 radical (unpaired) electrons. The predicted molar refractivity (Wildman–Crippen MR) is 84.2 cm³/mol. The van der Waals surface area contributed by atoms with Gasteiger partial charge in [0.25, 0.3) is 0 Å². The van der Waals surface area contributed by atoms with E-state index in [0.717, 1.165) is 15.7 Å². The van der Waals surface area contributed by atoms with Crippen LogP contribution in [0.3, 0.4) is 0 Å². The second-order valence-corrected chi connectivity index (χ2v) is 6.66. The van der Waals surface area contributed by atoms with E-state index in [9.17, 15) is 0 Å². The standard InChI is InChI=1S/C12H15BrN2S2/c1-15(9-4-5-17-7-9)11-6-8(13)2-3-10(11)12(14)16/h2-3,6,9H,4-5,7H2,1H3,(H2,14,16). The van der Waals surface area contributed by atoms with Crippen molar-refractivity contribution in [3.05, 3.63) is 28.2 Å². The fraction of sp³-hybridized carbons (Fsp3) is 0.417. The van der Waals surface area contributed by atoms with Gasteiger partial charge in [-0.25, -0.2) is 0 Å². The fourth-order valence-electron chi connectivity index (χ4n) is 2.03. The van der Waals surface area contributed by atoms with Crippen molar-refractivity contribution >= 4 is 50.6 Å².